The van der Waals surface area contributed by atoms with Crippen molar-refractivity contribution in [2.24, 2.45) is 0 Å². The summed E-state index contributed by atoms with van der Waals surface area (Å²) in [6.45, 7) is 2.00. The lowest BCUT2D eigenvalue weighted by atomic mass is 10.1. The highest BCUT2D eigenvalue weighted by Crippen LogP contribution is 2.21. The number of rotatable bonds is 6. The molecule has 2 aromatic rings. The Morgan fingerprint density at radius 1 is 1.17 bits per heavy atom. The lowest BCUT2D eigenvalue weighted by Crippen LogP contribution is -2.31. The van der Waals surface area contributed by atoms with Crippen LogP contribution in [0.4, 0.5) is 0 Å². The maximum absolute atomic E-state index is 11.9. The number of hydrogen-bond acceptors (Lipinski definition) is 1. The molecule has 0 aliphatic rings. The summed E-state index contributed by atoms with van der Waals surface area (Å²) in [5, 5.41) is 4.06. The van der Waals surface area contributed by atoms with Gasteiger partial charge < -0.3 is 5.32 Å². The Morgan fingerprint density at radius 3 is 2.61 bits per heavy atom. The smallest absolute Gasteiger partial charge is 0.244 e. The zero-order chi connectivity index (χ0) is 16.7. The number of nitrogens with one attached hydrogen (secondary N) is 1. The lowest BCUT2D eigenvalue weighted by molar-refractivity contribution is -0.117. The van der Waals surface area contributed by atoms with Crippen LogP contribution in [0.3, 0.4) is 0 Å². The molecule has 0 unspecified atom stereocenters. The predicted molar refractivity (Wildman–Crippen MR) is 97.9 cm³/mol. The molecule has 23 heavy (non-hydrogen) atoms. The molecule has 4 heteroatoms. The van der Waals surface area contributed by atoms with E-state index in [2.05, 4.69) is 17.4 Å². The van der Waals surface area contributed by atoms with E-state index in [4.69, 9.17) is 23.2 Å². The summed E-state index contributed by atoms with van der Waals surface area (Å²) < 4.78 is 0. The summed E-state index contributed by atoms with van der Waals surface area (Å²) in [5.74, 6) is -0.128. The first-order valence-corrected chi connectivity index (χ1v) is 8.28. The van der Waals surface area contributed by atoms with Gasteiger partial charge in [0.25, 0.3) is 0 Å². The van der Waals surface area contributed by atoms with Crippen molar-refractivity contribution in [3.05, 3.63) is 75.8 Å². The van der Waals surface area contributed by atoms with Crippen molar-refractivity contribution in [3.8, 4) is 0 Å². The van der Waals surface area contributed by atoms with Crippen molar-refractivity contribution in [2.75, 3.05) is 0 Å². The predicted octanol–water partition coefficient (Wildman–Crippen LogP) is 5.14. The van der Waals surface area contributed by atoms with Crippen LogP contribution in [0.25, 0.3) is 6.08 Å². The van der Waals surface area contributed by atoms with Crippen molar-refractivity contribution < 1.29 is 4.79 Å². The normalized spacial score (nSPS) is 12.3. The van der Waals surface area contributed by atoms with Crippen LogP contribution in [0.15, 0.2) is 54.6 Å². The molecule has 0 aliphatic heterocycles. The third-order valence-corrected chi connectivity index (χ3v) is 4.04. The molecule has 0 saturated heterocycles. The van der Waals surface area contributed by atoms with Gasteiger partial charge in [0.2, 0.25) is 5.91 Å². The first-order valence-electron chi connectivity index (χ1n) is 7.52. The Bertz CT molecular complexity index is 683. The number of carbonyl (C=O) groups is 1. The summed E-state index contributed by atoms with van der Waals surface area (Å²) in [5.41, 5.74) is 2.04. The van der Waals surface area contributed by atoms with E-state index >= 15 is 0 Å². The quantitative estimate of drug-likeness (QED) is 0.719. The van der Waals surface area contributed by atoms with Crippen molar-refractivity contribution >= 4 is 35.2 Å². The average molecular weight is 348 g/mol. The molecule has 0 radical (unpaired) electrons. The fourth-order valence-corrected chi connectivity index (χ4v) is 2.66. The molecule has 1 N–H and O–H groups in total. The minimum absolute atomic E-state index is 0.105. The van der Waals surface area contributed by atoms with E-state index in [9.17, 15) is 4.79 Å². The molecule has 0 saturated carbocycles. The summed E-state index contributed by atoms with van der Waals surface area (Å²) in [6, 6.07) is 15.5. The third kappa shape index (κ3) is 6.09. The van der Waals surface area contributed by atoms with Crippen LogP contribution in [0, 0.1) is 0 Å². The van der Waals surface area contributed by atoms with Gasteiger partial charge in [-0.3, -0.25) is 4.79 Å². The molecule has 0 aliphatic carbocycles. The Balaban J connectivity index is 1.82. The van der Waals surface area contributed by atoms with Crippen molar-refractivity contribution in [2.45, 2.75) is 25.8 Å². The average Bonchev–Trinajstić information content (AvgIpc) is 2.53. The number of hydrogen-bond donors (Lipinski definition) is 1. The maximum atomic E-state index is 11.9. The molecule has 120 valence electrons. The van der Waals surface area contributed by atoms with E-state index in [1.54, 1.807) is 24.3 Å². The fourth-order valence-electron chi connectivity index (χ4n) is 2.19. The van der Waals surface area contributed by atoms with Gasteiger partial charge in [-0.15, -0.1) is 0 Å². The van der Waals surface area contributed by atoms with Gasteiger partial charge in [-0.25, -0.2) is 0 Å². The van der Waals surface area contributed by atoms with Crippen LogP contribution >= 0.6 is 23.2 Å². The molecule has 0 heterocycles. The fraction of sp³-hybridized carbons (Fsp3) is 0.211. The Morgan fingerprint density at radius 2 is 1.91 bits per heavy atom. The van der Waals surface area contributed by atoms with Crippen molar-refractivity contribution in [1.82, 2.24) is 5.32 Å². The van der Waals surface area contributed by atoms with Gasteiger partial charge in [-0.1, -0.05) is 59.6 Å². The monoisotopic (exact) mass is 347 g/mol. The van der Waals surface area contributed by atoms with Gasteiger partial charge >= 0.3 is 0 Å². The van der Waals surface area contributed by atoms with Gasteiger partial charge in [0, 0.05) is 22.2 Å². The standard InChI is InChI=1S/C19H19Cl2NO/c1-14(7-8-15-5-3-2-4-6-15)22-19(23)12-10-16-9-11-17(20)13-18(16)21/h2-6,9-14H,7-8H2,1H3,(H,22,23)/b12-10-/t14-/m1/s1. The molecule has 2 rings (SSSR count). The molecule has 1 atom stereocenters. The van der Waals surface area contributed by atoms with E-state index in [0.717, 1.165) is 18.4 Å². The molecule has 0 aromatic heterocycles. The maximum Gasteiger partial charge on any atom is 0.244 e. The second kappa shape index (κ2) is 8.76. The third-order valence-electron chi connectivity index (χ3n) is 3.47. The summed E-state index contributed by atoms with van der Waals surface area (Å²) in [4.78, 5) is 11.9. The van der Waals surface area contributed by atoms with Crippen LogP contribution in [0.1, 0.15) is 24.5 Å². The van der Waals surface area contributed by atoms with Crippen molar-refractivity contribution in [1.29, 1.82) is 0 Å². The molecule has 1 amide bonds. The molecule has 0 bridgehead atoms. The largest absolute Gasteiger partial charge is 0.350 e. The first-order chi connectivity index (χ1) is 11.0. The molecular weight excluding hydrogens is 329 g/mol. The Kier molecular flexibility index (Phi) is 6.69. The molecule has 0 spiro atoms. The number of halogens is 2. The van der Waals surface area contributed by atoms with E-state index in [1.165, 1.54) is 11.6 Å². The summed E-state index contributed by atoms with van der Waals surface area (Å²) >= 11 is 11.9. The second-order valence-corrected chi connectivity index (χ2v) is 6.28. The summed E-state index contributed by atoms with van der Waals surface area (Å²) in [7, 11) is 0. The lowest BCUT2D eigenvalue weighted by Gasteiger charge is -2.12. The van der Waals surface area contributed by atoms with Gasteiger partial charge in [0.15, 0.2) is 0 Å². The van der Waals surface area contributed by atoms with Crippen LogP contribution in [-0.2, 0) is 11.2 Å². The van der Waals surface area contributed by atoms with E-state index in [0.29, 0.717) is 10.0 Å². The highest BCUT2D eigenvalue weighted by atomic mass is 35.5. The highest BCUT2D eigenvalue weighted by molar-refractivity contribution is 6.35. The van der Waals surface area contributed by atoms with Gasteiger partial charge in [-0.2, -0.15) is 0 Å². The number of amides is 1. The Hall–Kier alpha value is -1.77. The first kappa shape index (κ1) is 17.6. The molecule has 2 nitrogen and oxygen atoms in total. The van der Waals surface area contributed by atoms with Crippen molar-refractivity contribution in [3.63, 3.8) is 0 Å². The zero-order valence-corrected chi connectivity index (χ0v) is 14.4. The van der Waals surface area contributed by atoms with Crippen LogP contribution in [0.2, 0.25) is 10.0 Å². The second-order valence-electron chi connectivity index (χ2n) is 5.43. The minimum Gasteiger partial charge on any atom is -0.350 e. The van der Waals surface area contributed by atoms with Crippen LogP contribution in [-0.4, -0.2) is 11.9 Å². The minimum atomic E-state index is -0.128. The summed E-state index contributed by atoms with van der Waals surface area (Å²) in [6.07, 6.45) is 5.02. The van der Waals surface area contributed by atoms with Gasteiger partial charge in [-0.05, 0) is 49.1 Å². The van der Waals surface area contributed by atoms with Crippen LogP contribution < -0.4 is 5.32 Å². The number of aryl methyl sites for hydroxylation is 1. The van der Waals surface area contributed by atoms with Gasteiger partial charge in [0.05, 0.1) is 0 Å². The molecular formula is C19H19Cl2NO. The number of carbonyl (C=O) groups excluding carboxylic acids is 1. The SMILES string of the molecule is C[C@H](CCc1ccccc1)NC(=O)/C=C\c1ccc(Cl)cc1Cl. The van der Waals surface area contributed by atoms with E-state index in [-0.39, 0.29) is 11.9 Å². The molecule has 0 fully saturated rings. The zero-order valence-electron chi connectivity index (χ0n) is 12.9. The van der Waals surface area contributed by atoms with Crippen LogP contribution in [0.5, 0.6) is 0 Å². The number of benzene rings is 2. The molecule has 2 aromatic carbocycles. The topological polar surface area (TPSA) is 29.1 Å². The Labute approximate surface area is 147 Å². The van der Waals surface area contributed by atoms with E-state index in [1.807, 2.05) is 25.1 Å². The highest BCUT2D eigenvalue weighted by Gasteiger charge is 2.05. The van der Waals surface area contributed by atoms with Gasteiger partial charge in [0.1, 0.15) is 0 Å². The van der Waals surface area contributed by atoms with E-state index < -0.39 is 0 Å².